The van der Waals surface area contributed by atoms with Crippen molar-refractivity contribution in [2.75, 3.05) is 5.32 Å². The molecule has 158 valence electrons. The second kappa shape index (κ2) is 6.97. The van der Waals surface area contributed by atoms with Gasteiger partial charge in [-0.1, -0.05) is 6.07 Å². The zero-order valence-electron chi connectivity index (χ0n) is 13.9. The molecule has 7 nitrogen and oxygen atoms in total. The number of nitrogens with zero attached hydrogens (tertiary/aromatic N) is 3. The Bertz CT molecular complexity index is 965. The summed E-state index contributed by atoms with van der Waals surface area (Å²) in [5, 5.41) is 14.8. The van der Waals surface area contributed by atoms with Gasteiger partial charge >= 0.3 is 18.3 Å². The molecule has 2 rings (SSSR count). The smallest absolute Gasteiger partial charge is 0.306 e. The maximum atomic E-state index is 13.6. The summed E-state index contributed by atoms with van der Waals surface area (Å²) in [4.78, 5) is 21.9. The van der Waals surface area contributed by atoms with E-state index in [2.05, 4.69) is 5.10 Å². The molecule has 0 radical (unpaired) electrons. The fourth-order valence-electron chi connectivity index (χ4n) is 2.23. The summed E-state index contributed by atoms with van der Waals surface area (Å²) in [6, 6.07) is 3.61. The number of aryl methyl sites for hydroxylation is 1. The first-order valence-corrected chi connectivity index (χ1v) is 7.22. The van der Waals surface area contributed by atoms with Crippen molar-refractivity contribution in [2.45, 2.75) is 18.3 Å². The Kier molecular flexibility index (Phi) is 5.29. The van der Waals surface area contributed by atoms with Gasteiger partial charge in [-0.15, -0.1) is 0 Å². The van der Waals surface area contributed by atoms with Gasteiger partial charge in [-0.25, -0.2) is 0 Å². The molecule has 0 aliphatic rings. The van der Waals surface area contributed by atoms with Crippen molar-refractivity contribution in [3.8, 4) is 0 Å². The van der Waals surface area contributed by atoms with E-state index in [-0.39, 0.29) is 4.68 Å². The van der Waals surface area contributed by atoms with E-state index < -0.39 is 57.4 Å². The third-order valence-corrected chi connectivity index (χ3v) is 3.54. The molecule has 0 saturated carbocycles. The highest BCUT2D eigenvalue weighted by atomic mass is 19.4. The van der Waals surface area contributed by atoms with Gasteiger partial charge in [0.15, 0.2) is 5.69 Å². The van der Waals surface area contributed by atoms with Crippen LogP contribution in [0.15, 0.2) is 24.3 Å². The lowest BCUT2D eigenvalue weighted by atomic mass is 10.1. The molecule has 1 aromatic carbocycles. The lowest BCUT2D eigenvalue weighted by molar-refractivity contribution is -0.384. The number of hydrogen-bond donors (Lipinski definition) is 1. The van der Waals surface area contributed by atoms with Gasteiger partial charge in [0, 0.05) is 24.7 Å². The van der Waals surface area contributed by atoms with Crippen LogP contribution in [-0.4, -0.2) is 26.8 Å². The molecule has 2 aromatic rings. The van der Waals surface area contributed by atoms with Crippen molar-refractivity contribution in [2.24, 2.45) is 7.05 Å². The molecule has 0 aliphatic heterocycles. The summed E-state index contributed by atoms with van der Waals surface area (Å²) >= 11 is 0. The Morgan fingerprint density at radius 3 is 2.21 bits per heavy atom. The number of rotatable bonds is 4. The van der Waals surface area contributed by atoms with Crippen LogP contribution in [0.5, 0.6) is 0 Å². The van der Waals surface area contributed by atoms with Gasteiger partial charge in [0.1, 0.15) is 11.4 Å². The number of alkyl halides is 8. The normalized spacial score (nSPS) is 12.7. The third-order valence-electron chi connectivity index (χ3n) is 3.54. The van der Waals surface area contributed by atoms with Crippen molar-refractivity contribution in [1.82, 2.24) is 9.78 Å². The van der Waals surface area contributed by atoms with Crippen LogP contribution in [0.3, 0.4) is 0 Å². The molecule has 0 fully saturated rings. The number of nitro benzene ring substituents is 1. The van der Waals surface area contributed by atoms with Crippen molar-refractivity contribution in [1.29, 1.82) is 0 Å². The van der Waals surface area contributed by atoms with Crippen LogP contribution >= 0.6 is 0 Å². The van der Waals surface area contributed by atoms with Crippen LogP contribution in [-0.2, 0) is 19.1 Å². The van der Waals surface area contributed by atoms with Gasteiger partial charge in [-0.05, 0) is 6.07 Å². The Labute approximate surface area is 155 Å². The molecule has 0 aliphatic carbocycles. The van der Waals surface area contributed by atoms with Gasteiger partial charge in [-0.3, -0.25) is 19.6 Å². The lowest BCUT2D eigenvalue weighted by Gasteiger charge is -2.19. The monoisotopic (exact) mass is 432 g/mol. The van der Waals surface area contributed by atoms with Crippen molar-refractivity contribution < 1.29 is 44.8 Å². The predicted molar refractivity (Wildman–Crippen MR) is 79.2 cm³/mol. The average molecular weight is 432 g/mol. The van der Waals surface area contributed by atoms with Crippen molar-refractivity contribution in [3.63, 3.8) is 0 Å². The second-order valence-corrected chi connectivity index (χ2v) is 5.53. The maximum Gasteiger partial charge on any atom is 0.459 e. The summed E-state index contributed by atoms with van der Waals surface area (Å²) in [7, 11) is 0.605. The number of hydrogen-bond acceptors (Lipinski definition) is 4. The number of halogens is 8. The number of nitro groups is 1. The van der Waals surface area contributed by atoms with Gasteiger partial charge < -0.3 is 5.32 Å². The molecule has 0 saturated heterocycles. The van der Waals surface area contributed by atoms with Gasteiger partial charge in [0.05, 0.1) is 4.92 Å². The van der Waals surface area contributed by atoms with Crippen LogP contribution < -0.4 is 5.32 Å². The summed E-state index contributed by atoms with van der Waals surface area (Å²) < 4.78 is 105. The maximum absolute atomic E-state index is 13.6. The highest BCUT2D eigenvalue weighted by Gasteiger charge is 2.64. The van der Waals surface area contributed by atoms with Crippen LogP contribution in [0, 0.1) is 10.1 Å². The molecule has 0 atom stereocenters. The minimum Gasteiger partial charge on any atom is -0.306 e. The lowest BCUT2D eigenvalue weighted by Crippen LogP contribution is -2.36. The molecule has 0 spiro atoms. The van der Waals surface area contributed by atoms with Gasteiger partial charge in [0.2, 0.25) is 0 Å². The number of non-ortho nitro benzene ring substituents is 1. The Morgan fingerprint density at radius 2 is 1.72 bits per heavy atom. The van der Waals surface area contributed by atoms with E-state index in [4.69, 9.17) is 0 Å². The predicted octanol–water partition coefficient (Wildman–Crippen LogP) is 4.25. The molecule has 1 aromatic heterocycles. The fourth-order valence-corrected chi connectivity index (χ4v) is 2.23. The summed E-state index contributed by atoms with van der Waals surface area (Å²) in [6.45, 7) is 0. The number of nitrogens with one attached hydrogen (secondary N) is 1. The van der Waals surface area contributed by atoms with E-state index >= 15 is 0 Å². The topological polar surface area (TPSA) is 90.1 Å². The Hall–Kier alpha value is -3.26. The number of benzene rings is 1. The average Bonchev–Trinajstić information content (AvgIpc) is 2.91. The Balaban J connectivity index is 2.58. The molecule has 1 N–H and O–H groups in total. The minimum atomic E-state index is -6.39. The zero-order chi connectivity index (χ0) is 22.4. The molecule has 1 amide bonds. The number of amides is 1. The van der Waals surface area contributed by atoms with E-state index in [0.717, 1.165) is 18.2 Å². The van der Waals surface area contributed by atoms with E-state index in [1.807, 2.05) is 0 Å². The first-order chi connectivity index (χ1) is 13.1. The highest BCUT2D eigenvalue weighted by Crippen LogP contribution is 2.49. The second-order valence-electron chi connectivity index (χ2n) is 5.53. The van der Waals surface area contributed by atoms with Gasteiger partial charge in [-0.2, -0.15) is 40.2 Å². The van der Waals surface area contributed by atoms with Crippen molar-refractivity contribution >= 4 is 17.4 Å². The quantitative estimate of drug-likeness (QED) is 0.444. The van der Waals surface area contributed by atoms with E-state index in [9.17, 15) is 50.0 Å². The van der Waals surface area contributed by atoms with Crippen LogP contribution in [0.1, 0.15) is 21.6 Å². The third kappa shape index (κ3) is 4.12. The fraction of sp³-hybridized carbons (Fsp3) is 0.286. The van der Waals surface area contributed by atoms with E-state index in [0.29, 0.717) is 13.1 Å². The van der Waals surface area contributed by atoms with Crippen molar-refractivity contribution in [3.05, 3.63) is 51.2 Å². The summed E-state index contributed by atoms with van der Waals surface area (Å²) in [5.41, 5.74) is -6.30. The standard InChI is InChI=1S/C14H8F8N4O3/c1-25-10(23-11(27)6-3-2-4-7(5-6)26(28)29)8(13(17,18)19)9(24-25)12(15,16)14(20,21)22/h2-5H,1H3,(H,23,27). The number of carbonyl (C=O) groups excluding carboxylic acids is 1. The first kappa shape index (κ1) is 22.0. The van der Waals surface area contributed by atoms with Crippen LogP contribution in [0.25, 0.3) is 0 Å². The SMILES string of the molecule is Cn1nc(C(F)(F)C(F)(F)F)c(C(F)(F)F)c1NC(=O)c1cccc([N+](=O)[O-])c1. The highest BCUT2D eigenvalue weighted by molar-refractivity contribution is 6.04. The van der Waals surface area contributed by atoms with Gasteiger partial charge in [0.25, 0.3) is 11.6 Å². The molecular weight excluding hydrogens is 424 g/mol. The molecule has 29 heavy (non-hydrogen) atoms. The molecule has 1 heterocycles. The number of carbonyl (C=O) groups is 1. The summed E-state index contributed by atoms with van der Waals surface area (Å²) in [5.74, 6) is -8.89. The molecule has 15 heteroatoms. The number of aromatic nitrogens is 2. The summed E-state index contributed by atoms with van der Waals surface area (Å²) in [6.07, 6.45) is -12.1. The largest absolute Gasteiger partial charge is 0.459 e. The molecule has 0 unspecified atom stereocenters. The minimum absolute atomic E-state index is 0.00689. The van der Waals surface area contributed by atoms with Crippen LogP contribution in [0.4, 0.5) is 46.6 Å². The van der Waals surface area contributed by atoms with E-state index in [1.54, 1.807) is 0 Å². The molecule has 0 bridgehead atoms. The Morgan fingerprint density at radius 1 is 1.14 bits per heavy atom. The zero-order valence-corrected chi connectivity index (χ0v) is 13.9. The number of anilines is 1. The first-order valence-electron chi connectivity index (χ1n) is 7.22. The van der Waals surface area contributed by atoms with Crippen LogP contribution in [0.2, 0.25) is 0 Å². The molecular formula is C14H8F8N4O3. The van der Waals surface area contributed by atoms with E-state index in [1.165, 1.54) is 5.32 Å².